The minimum Gasteiger partial charge on any atom is -0.478 e. The topological polar surface area (TPSA) is 106 Å². The molecule has 10 heteroatoms. The van der Waals surface area contributed by atoms with Gasteiger partial charge in [-0.15, -0.1) is 0 Å². The highest BCUT2D eigenvalue weighted by atomic mass is 35.5. The molecule has 0 saturated carbocycles. The largest absolute Gasteiger partial charge is 0.478 e. The number of carboxylic acids is 1. The van der Waals surface area contributed by atoms with Crippen molar-refractivity contribution in [3.8, 4) is 11.1 Å². The van der Waals surface area contributed by atoms with Crippen molar-refractivity contribution in [1.29, 1.82) is 0 Å². The predicted octanol–water partition coefficient (Wildman–Crippen LogP) is 4.85. The zero-order chi connectivity index (χ0) is 24.5. The number of aromatic nitrogens is 2. The zero-order valence-electron chi connectivity index (χ0n) is 18.6. The number of hydrogen-bond donors (Lipinski definition) is 3. The van der Waals surface area contributed by atoms with Crippen LogP contribution in [0.1, 0.15) is 5.56 Å². The van der Waals surface area contributed by atoms with Gasteiger partial charge in [-0.05, 0) is 41.5 Å². The maximum Gasteiger partial charge on any atom is 0.328 e. The van der Waals surface area contributed by atoms with E-state index >= 15 is 0 Å². The number of hydrogen-bond acceptors (Lipinski definition) is 7. The van der Waals surface area contributed by atoms with Crippen molar-refractivity contribution in [2.24, 2.45) is 0 Å². The van der Waals surface area contributed by atoms with Gasteiger partial charge in [0.2, 0.25) is 5.95 Å². The average molecular weight is 487 g/mol. The molecule has 2 aromatic carbocycles. The summed E-state index contributed by atoms with van der Waals surface area (Å²) in [5, 5.41) is 15.2. The molecule has 0 aliphatic heterocycles. The molecule has 0 aliphatic rings. The highest BCUT2D eigenvalue weighted by molar-refractivity contribution is 6.31. The van der Waals surface area contributed by atoms with Crippen molar-refractivity contribution in [2.45, 2.75) is 6.04 Å². The molecular formula is C24H24ClFN4O4. The molecule has 0 bridgehead atoms. The number of benzene rings is 2. The van der Waals surface area contributed by atoms with Crippen molar-refractivity contribution in [3.63, 3.8) is 0 Å². The fourth-order valence-corrected chi connectivity index (χ4v) is 3.35. The van der Waals surface area contributed by atoms with Gasteiger partial charge in [0.15, 0.2) is 0 Å². The van der Waals surface area contributed by atoms with Gasteiger partial charge in [-0.3, -0.25) is 0 Å². The molecule has 0 saturated heterocycles. The van der Waals surface area contributed by atoms with Crippen molar-refractivity contribution in [1.82, 2.24) is 9.97 Å². The fourth-order valence-electron chi connectivity index (χ4n) is 3.17. The summed E-state index contributed by atoms with van der Waals surface area (Å²) in [4.78, 5) is 19.9. The van der Waals surface area contributed by atoms with Crippen LogP contribution >= 0.6 is 11.6 Å². The van der Waals surface area contributed by atoms with Crippen LogP contribution in [0.5, 0.6) is 0 Å². The van der Waals surface area contributed by atoms with Crippen LogP contribution in [-0.2, 0) is 14.3 Å². The molecule has 0 amide bonds. The average Bonchev–Trinajstić information content (AvgIpc) is 2.81. The Morgan fingerprint density at radius 2 is 1.97 bits per heavy atom. The molecule has 0 radical (unpaired) electrons. The smallest absolute Gasteiger partial charge is 0.328 e. The SMILES string of the molecule is COCC(COC)Nc1nc(Nc2ccc(F)c(Cl)c2)ncc1-c1cccc(C=CC(=O)O)c1. The van der Waals surface area contributed by atoms with Crippen LogP contribution in [0.2, 0.25) is 5.02 Å². The second-order valence-electron chi connectivity index (χ2n) is 7.26. The van der Waals surface area contributed by atoms with E-state index in [1.807, 2.05) is 18.2 Å². The van der Waals surface area contributed by atoms with Crippen LogP contribution in [0.3, 0.4) is 0 Å². The summed E-state index contributed by atoms with van der Waals surface area (Å²) in [5.41, 5.74) is 2.70. The van der Waals surface area contributed by atoms with E-state index in [1.165, 1.54) is 24.3 Å². The fraction of sp³-hybridized carbons (Fsp3) is 0.208. The Morgan fingerprint density at radius 1 is 1.21 bits per heavy atom. The van der Waals surface area contributed by atoms with E-state index in [0.717, 1.165) is 11.6 Å². The van der Waals surface area contributed by atoms with Crippen LogP contribution in [0, 0.1) is 5.82 Å². The van der Waals surface area contributed by atoms with Crippen molar-refractivity contribution in [3.05, 3.63) is 71.1 Å². The van der Waals surface area contributed by atoms with Crippen LogP contribution in [0.25, 0.3) is 17.2 Å². The molecule has 178 valence electrons. The van der Waals surface area contributed by atoms with E-state index in [2.05, 4.69) is 20.6 Å². The molecule has 34 heavy (non-hydrogen) atoms. The van der Waals surface area contributed by atoms with E-state index in [1.54, 1.807) is 26.5 Å². The van der Waals surface area contributed by atoms with Gasteiger partial charge in [0.25, 0.3) is 0 Å². The quantitative estimate of drug-likeness (QED) is 0.330. The van der Waals surface area contributed by atoms with Gasteiger partial charge in [0, 0.05) is 37.7 Å². The van der Waals surface area contributed by atoms with E-state index in [-0.39, 0.29) is 17.0 Å². The molecule has 1 aromatic heterocycles. The van der Waals surface area contributed by atoms with Gasteiger partial charge >= 0.3 is 5.97 Å². The van der Waals surface area contributed by atoms with Crippen molar-refractivity contribution >= 4 is 41.1 Å². The molecule has 0 aliphatic carbocycles. The molecule has 1 heterocycles. The zero-order valence-corrected chi connectivity index (χ0v) is 19.3. The Balaban J connectivity index is 1.99. The lowest BCUT2D eigenvalue weighted by atomic mass is 10.0. The number of nitrogens with one attached hydrogen (secondary N) is 2. The Hall–Kier alpha value is -3.53. The van der Waals surface area contributed by atoms with Crippen LogP contribution in [-0.4, -0.2) is 54.5 Å². The van der Waals surface area contributed by atoms with Gasteiger partial charge < -0.3 is 25.2 Å². The number of ether oxygens (including phenoxy) is 2. The standard InChI is InChI=1S/C24H24ClFN4O4/c1-33-13-18(14-34-2)28-23-19(16-5-3-4-15(10-16)6-9-22(31)32)12-27-24(30-23)29-17-7-8-21(26)20(25)11-17/h3-12,18H,13-14H2,1-2H3,(H,31,32)(H2,27,28,29,30). The van der Waals surface area contributed by atoms with Crippen molar-refractivity contribution < 1.29 is 23.8 Å². The molecule has 3 rings (SSSR count). The summed E-state index contributed by atoms with van der Waals surface area (Å²) in [5.74, 6) is -0.785. The Kier molecular flexibility index (Phi) is 8.92. The van der Waals surface area contributed by atoms with Crippen LogP contribution in [0.15, 0.2) is 54.7 Å². The number of aliphatic carboxylic acids is 1. The van der Waals surface area contributed by atoms with Gasteiger partial charge in [0.1, 0.15) is 11.6 Å². The molecule has 3 aromatic rings. The first kappa shape index (κ1) is 25.1. The number of nitrogens with zero attached hydrogens (tertiary/aromatic N) is 2. The first-order valence-electron chi connectivity index (χ1n) is 10.2. The van der Waals surface area contributed by atoms with E-state index in [0.29, 0.717) is 35.8 Å². The Bertz CT molecular complexity index is 1170. The highest BCUT2D eigenvalue weighted by Gasteiger charge is 2.16. The molecule has 8 nitrogen and oxygen atoms in total. The molecule has 3 N–H and O–H groups in total. The number of rotatable bonds is 11. The van der Waals surface area contributed by atoms with Gasteiger partial charge in [-0.1, -0.05) is 29.8 Å². The third-order valence-electron chi connectivity index (χ3n) is 4.66. The van der Waals surface area contributed by atoms with E-state index < -0.39 is 11.8 Å². The van der Waals surface area contributed by atoms with Gasteiger partial charge in [-0.25, -0.2) is 14.2 Å². The lowest BCUT2D eigenvalue weighted by Crippen LogP contribution is -2.30. The molecule has 0 atom stereocenters. The van der Waals surface area contributed by atoms with E-state index in [4.69, 9.17) is 26.2 Å². The maximum atomic E-state index is 13.5. The first-order valence-corrected chi connectivity index (χ1v) is 10.6. The molecule has 0 spiro atoms. The summed E-state index contributed by atoms with van der Waals surface area (Å²) >= 11 is 5.88. The predicted molar refractivity (Wildman–Crippen MR) is 130 cm³/mol. The number of methoxy groups -OCH3 is 2. The Morgan fingerprint density at radius 3 is 2.65 bits per heavy atom. The van der Waals surface area contributed by atoms with Crippen LogP contribution in [0.4, 0.5) is 21.8 Å². The first-order chi connectivity index (χ1) is 16.4. The third kappa shape index (κ3) is 6.98. The minimum atomic E-state index is -1.03. The molecule has 0 unspecified atom stereocenters. The summed E-state index contributed by atoms with van der Waals surface area (Å²) < 4.78 is 24.1. The Labute approximate surface area is 201 Å². The normalized spacial score (nSPS) is 11.2. The van der Waals surface area contributed by atoms with Gasteiger partial charge in [-0.2, -0.15) is 4.98 Å². The number of carboxylic acid groups (broad SMARTS) is 1. The summed E-state index contributed by atoms with van der Waals surface area (Å²) in [6.07, 6.45) is 4.22. The minimum absolute atomic E-state index is 0.0218. The highest BCUT2D eigenvalue weighted by Crippen LogP contribution is 2.29. The number of halogens is 2. The van der Waals surface area contributed by atoms with Crippen molar-refractivity contribution in [2.75, 3.05) is 38.1 Å². The summed E-state index contributed by atoms with van der Waals surface area (Å²) in [6.45, 7) is 0.740. The van der Waals surface area contributed by atoms with Crippen LogP contribution < -0.4 is 10.6 Å². The second-order valence-corrected chi connectivity index (χ2v) is 7.67. The third-order valence-corrected chi connectivity index (χ3v) is 4.95. The maximum absolute atomic E-state index is 13.5. The number of carbonyl (C=O) groups is 1. The second kappa shape index (κ2) is 12.1. The summed E-state index contributed by atoms with van der Waals surface area (Å²) in [7, 11) is 3.18. The monoisotopic (exact) mass is 486 g/mol. The van der Waals surface area contributed by atoms with E-state index in [9.17, 15) is 9.18 Å². The molecule has 0 fully saturated rings. The van der Waals surface area contributed by atoms with Gasteiger partial charge in [0.05, 0.1) is 24.3 Å². The lowest BCUT2D eigenvalue weighted by molar-refractivity contribution is -0.131. The lowest BCUT2D eigenvalue weighted by Gasteiger charge is -2.20. The molecular weight excluding hydrogens is 463 g/mol. The summed E-state index contributed by atoms with van der Waals surface area (Å²) in [6, 6.07) is 11.3. The number of anilines is 3.